The lowest BCUT2D eigenvalue weighted by Gasteiger charge is -2.26. The Morgan fingerprint density at radius 1 is 1.29 bits per heavy atom. The van der Waals surface area contributed by atoms with Crippen LogP contribution in [0, 0.1) is 6.92 Å². The first-order valence-corrected chi connectivity index (χ1v) is 9.58. The van der Waals surface area contributed by atoms with Gasteiger partial charge in [0.05, 0.1) is 6.54 Å². The molecule has 1 atom stereocenters. The molecule has 0 aliphatic carbocycles. The van der Waals surface area contributed by atoms with Gasteiger partial charge in [0, 0.05) is 43.1 Å². The van der Waals surface area contributed by atoms with Crippen LogP contribution >= 0.6 is 0 Å². The molecule has 1 fully saturated rings. The summed E-state index contributed by atoms with van der Waals surface area (Å²) in [5.41, 5.74) is 1.92. The molecule has 1 amide bonds. The summed E-state index contributed by atoms with van der Waals surface area (Å²) >= 11 is 0. The zero-order valence-electron chi connectivity index (χ0n) is 15.9. The summed E-state index contributed by atoms with van der Waals surface area (Å²) < 4.78 is 13.3. The summed E-state index contributed by atoms with van der Waals surface area (Å²) in [6, 6.07) is 13.7. The highest BCUT2D eigenvalue weighted by Gasteiger charge is 2.43. The maximum absolute atomic E-state index is 12.9. The number of nitrogens with one attached hydrogen (secondary N) is 1. The molecular weight excluding hydrogens is 356 g/mol. The predicted molar refractivity (Wildman–Crippen MR) is 104 cm³/mol. The summed E-state index contributed by atoms with van der Waals surface area (Å²) in [7, 11) is 0. The van der Waals surface area contributed by atoms with Gasteiger partial charge in [0.1, 0.15) is 11.5 Å². The van der Waals surface area contributed by atoms with Crippen LogP contribution in [-0.4, -0.2) is 39.6 Å². The lowest BCUT2D eigenvalue weighted by atomic mass is 9.93. The molecule has 3 heterocycles. The average molecular weight is 380 g/mol. The van der Waals surface area contributed by atoms with Gasteiger partial charge in [-0.15, -0.1) is 0 Å². The fraction of sp³-hybridized carbons (Fsp3) is 0.381. The Kier molecular flexibility index (Phi) is 5.25. The molecule has 0 radical (unpaired) electrons. The van der Waals surface area contributed by atoms with Crippen LogP contribution in [0.25, 0.3) is 11.3 Å². The second-order valence-electron chi connectivity index (χ2n) is 7.12. The van der Waals surface area contributed by atoms with Gasteiger partial charge in [-0.25, -0.2) is 0 Å². The molecule has 7 heteroatoms. The van der Waals surface area contributed by atoms with Crippen LogP contribution in [0.2, 0.25) is 0 Å². The number of amides is 1. The van der Waals surface area contributed by atoms with Crippen molar-refractivity contribution in [1.29, 1.82) is 0 Å². The summed E-state index contributed by atoms with van der Waals surface area (Å²) in [5, 5.41) is 11.4. The van der Waals surface area contributed by atoms with E-state index in [4.69, 9.17) is 9.26 Å². The Hall–Kier alpha value is -2.93. The highest BCUT2D eigenvalue weighted by atomic mass is 16.5. The summed E-state index contributed by atoms with van der Waals surface area (Å²) in [6.07, 6.45) is 3.65. The number of rotatable bonds is 7. The Morgan fingerprint density at radius 2 is 2.14 bits per heavy atom. The Balaban J connectivity index is 1.42. The van der Waals surface area contributed by atoms with Crippen LogP contribution in [-0.2, 0) is 22.5 Å². The molecule has 1 aliphatic rings. The van der Waals surface area contributed by atoms with E-state index in [1.54, 1.807) is 6.20 Å². The average Bonchev–Trinajstić information content (AvgIpc) is 3.46. The van der Waals surface area contributed by atoms with Crippen LogP contribution in [0.15, 0.2) is 53.2 Å². The van der Waals surface area contributed by atoms with E-state index in [0.29, 0.717) is 38.3 Å². The van der Waals surface area contributed by atoms with E-state index in [-0.39, 0.29) is 5.91 Å². The van der Waals surface area contributed by atoms with Crippen molar-refractivity contribution in [2.24, 2.45) is 0 Å². The molecule has 0 saturated carbocycles. The molecule has 1 aliphatic heterocycles. The first-order chi connectivity index (χ1) is 13.7. The molecule has 28 heavy (non-hydrogen) atoms. The molecule has 0 unspecified atom stereocenters. The summed E-state index contributed by atoms with van der Waals surface area (Å²) in [5.74, 6) is 0.547. The number of aryl methyl sites for hydroxylation is 1. The molecule has 4 rings (SSSR count). The highest BCUT2D eigenvalue weighted by molar-refractivity contribution is 5.85. The quantitative estimate of drug-likeness (QED) is 0.682. The van der Waals surface area contributed by atoms with E-state index in [1.807, 2.05) is 54.1 Å². The lowest BCUT2D eigenvalue weighted by Crippen LogP contribution is -2.48. The second kappa shape index (κ2) is 7.98. The molecule has 0 spiro atoms. The van der Waals surface area contributed by atoms with E-state index < -0.39 is 5.60 Å². The topological polar surface area (TPSA) is 82.2 Å². The van der Waals surface area contributed by atoms with Gasteiger partial charge in [-0.05, 0) is 25.8 Å². The predicted octanol–water partition coefficient (Wildman–Crippen LogP) is 2.75. The second-order valence-corrected chi connectivity index (χ2v) is 7.12. The number of carbonyl (C=O) groups is 1. The van der Waals surface area contributed by atoms with Crippen LogP contribution in [0.5, 0.6) is 0 Å². The van der Waals surface area contributed by atoms with Crippen molar-refractivity contribution in [1.82, 2.24) is 20.3 Å². The van der Waals surface area contributed by atoms with Crippen molar-refractivity contribution in [3.05, 3.63) is 60.1 Å². The van der Waals surface area contributed by atoms with Gasteiger partial charge in [-0.3, -0.25) is 9.48 Å². The summed E-state index contributed by atoms with van der Waals surface area (Å²) in [4.78, 5) is 12.9. The summed E-state index contributed by atoms with van der Waals surface area (Å²) in [6.45, 7) is 3.69. The molecule has 3 aromatic rings. The molecule has 7 nitrogen and oxygen atoms in total. The van der Waals surface area contributed by atoms with Crippen molar-refractivity contribution in [2.45, 2.75) is 38.3 Å². The van der Waals surface area contributed by atoms with E-state index in [2.05, 4.69) is 15.6 Å². The Labute approximate surface area is 163 Å². The third kappa shape index (κ3) is 3.84. The van der Waals surface area contributed by atoms with Gasteiger partial charge in [-0.1, -0.05) is 35.5 Å². The minimum Gasteiger partial charge on any atom is -0.365 e. The molecule has 1 aromatic carbocycles. The normalized spacial score (nSPS) is 19.0. The molecule has 2 aromatic heterocycles. The third-order valence-electron chi connectivity index (χ3n) is 5.14. The van der Waals surface area contributed by atoms with Crippen molar-refractivity contribution >= 4 is 5.91 Å². The first-order valence-electron chi connectivity index (χ1n) is 9.58. The molecule has 0 bridgehead atoms. The zero-order valence-corrected chi connectivity index (χ0v) is 15.9. The van der Waals surface area contributed by atoms with Gasteiger partial charge in [-0.2, -0.15) is 5.10 Å². The van der Waals surface area contributed by atoms with E-state index in [0.717, 1.165) is 23.4 Å². The van der Waals surface area contributed by atoms with Gasteiger partial charge in [0.2, 0.25) is 0 Å². The van der Waals surface area contributed by atoms with Crippen molar-refractivity contribution in [2.75, 3.05) is 13.2 Å². The maximum Gasteiger partial charge on any atom is 0.252 e. The number of nitrogens with zero attached hydrogens (tertiary/aromatic N) is 3. The standard InChI is InChI=1S/C21H24N4O3/c1-16-8-10-23-25(16)12-11-22-20(26)21(9-5-13-27-21)15-18-14-19(24-28-18)17-6-3-2-4-7-17/h2-4,6-8,10,14H,5,9,11-13,15H2,1H3,(H,22,26)/t21-/m0/s1. The minimum absolute atomic E-state index is 0.104. The Bertz CT molecular complexity index is 926. The smallest absolute Gasteiger partial charge is 0.252 e. The van der Waals surface area contributed by atoms with Gasteiger partial charge < -0.3 is 14.6 Å². The third-order valence-corrected chi connectivity index (χ3v) is 5.14. The number of ether oxygens (including phenoxy) is 1. The highest BCUT2D eigenvalue weighted by Crippen LogP contribution is 2.31. The lowest BCUT2D eigenvalue weighted by molar-refractivity contribution is -0.141. The van der Waals surface area contributed by atoms with Crippen molar-refractivity contribution in [3.8, 4) is 11.3 Å². The molecule has 1 saturated heterocycles. The molecular formula is C21H24N4O3. The number of hydrogen-bond acceptors (Lipinski definition) is 5. The Morgan fingerprint density at radius 3 is 2.86 bits per heavy atom. The van der Waals surface area contributed by atoms with E-state index >= 15 is 0 Å². The largest absolute Gasteiger partial charge is 0.365 e. The number of hydrogen-bond donors (Lipinski definition) is 1. The van der Waals surface area contributed by atoms with Crippen molar-refractivity contribution in [3.63, 3.8) is 0 Å². The van der Waals surface area contributed by atoms with Gasteiger partial charge >= 0.3 is 0 Å². The monoisotopic (exact) mass is 380 g/mol. The van der Waals surface area contributed by atoms with Crippen LogP contribution in [0.1, 0.15) is 24.3 Å². The minimum atomic E-state index is -0.896. The van der Waals surface area contributed by atoms with Crippen LogP contribution in [0.3, 0.4) is 0 Å². The van der Waals surface area contributed by atoms with Gasteiger partial charge in [0.25, 0.3) is 5.91 Å². The SMILES string of the molecule is Cc1ccnn1CCNC(=O)[C@@]1(Cc2cc(-c3ccccc3)no2)CCCO1. The fourth-order valence-corrected chi connectivity index (χ4v) is 3.59. The van der Waals surface area contributed by atoms with E-state index in [1.165, 1.54) is 0 Å². The van der Waals surface area contributed by atoms with E-state index in [9.17, 15) is 4.79 Å². The molecule has 146 valence electrons. The van der Waals surface area contributed by atoms with Crippen LogP contribution < -0.4 is 5.32 Å². The van der Waals surface area contributed by atoms with Crippen LogP contribution in [0.4, 0.5) is 0 Å². The number of aromatic nitrogens is 3. The zero-order chi connectivity index (χ0) is 19.4. The molecule has 1 N–H and O–H groups in total. The number of benzene rings is 1. The van der Waals surface area contributed by atoms with Crippen molar-refractivity contribution < 1.29 is 14.1 Å². The fourth-order valence-electron chi connectivity index (χ4n) is 3.59. The first kappa shape index (κ1) is 18.4. The maximum atomic E-state index is 12.9. The number of carbonyl (C=O) groups excluding carboxylic acids is 1. The van der Waals surface area contributed by atoms with Gasteiger partial charge in [0.15, 0.2) is 5.60 Å².